The summed E-state index contributed by atoms with van der Waals surface area (Å²) >= 11 is 3.51. The van der Waals surface area contributed by atoms with E-state index in [0.717, 1.165) is 110 Å². The Hall–Kier alpha value is -11.9. The van der Waals surface area contributed by atoms with E-state index in [2.05, 4.69) is 387 Å². The molecule has 0 atom stereocenters. The number of para-hydroxylation sites is 7. The van der Waals surface area contributed by atoms with E-state index in [1.807, 2.05) is 235 Å². The highest BCUT2D eigenvalue weighted by molar-refractivity contribution is 7.18. The smallest absolute Gasteiger partial charge is 0.198 e. The number of oxazole rings is 1. The zero-order valence-corrected chi connectivity index (χ0v) is 95.0. The van der Waals surface area contributed by atoms with Gasteiger partial charge in [0.05, 0.1) is 49.8 Å². The number of fused-ring (bicyclic) bond motifs is 5. The highest BCUT2D eigenvalue weighted by Gasteiger charge is 2.11. The van der Waals surface area contributed by atoms with Crippen LogP contribution in [-0.4, -0.2) is 60.4 Å². The second-order valence-corrected chi connectivity index (χ2v) is 41.1. The van der Waals surface area contributed by atoms with Crippen LogP contribution in [0.4, 0.5) is 0 Å². The fourth-order valence-electron chi connectivity index (χ4n) is 8.78. The number of aryl methyl sites for hydroxylation is 2. The van der Waals surface area contributed by atoms with Gasteiger partial charge in [-0.05, 0) is 184 Å². The summed E-state index contributed by atoms with van der Waals surface area (Å²) in [6.07, 6.45) is 24.2. The van der Waals surface area contributed by atoms with Gasteiger partial charge in [0.15, 0.2) is 11.5 Å². The highest BCUT2D eigenvalue weighted by atomic mass is 32.1. The molecule has 17 aromatic rings. The van der Waals surface area contributed by atoms with Gasteiger partial charge in [-0.2, -0.15) is 21.5 Å². The maximum atomic E-state index is 5.52. The third kappa shape index (κ3) is 94.4. The van der Waals surface area contributed by atoms with Crippen LogP contribution >= 0.6 is 22.7 Å². The maximum Gasteiger partial charge on any atom is 0.198 e. The van der Waals surface area contributed by atoms with E-state index in [9.17, 15) is 0 Å². The third-order valence-electron chi connectivity index (χ3n) is 14.0. The summed E-state index contributed by atoms with van der Waals surface area (Å²) in [6.45, 7) is 75.6. The van der Waals surface area contributed by atoms with Crippen molar-refractivity contribution in [2.75, 3.05) is 0 Å². The van der Waals surface area contributed by atoms with Crippen LogP contribution in [0.15, 0.2) is 366 Å². The van der Waals surface area contributed by atoms with Crippen LogP contribution in [0, 0.1) is 53.3 Å². The van der Waals surface area contributed by atoms with Crippen LogP contribution in [0.3, 0.4) is 0 Å². The van der Waals surface area contributed by atoms with Gasteiger partial charge in [-0.25, -0.2) is 19.9 Å². The number of pyridine rings is 2. The number of aromatic nitrogens is 11. The number of thiophene rings is 1. The van der Waals surface area contributed by atoms with E-state index in [0.29, 0.717) is 23.7 Å². The molecular weight excluding hydrogens is 1780 g/mol. The Morgan fingerprint density at radius 2 is 0.690 bits per heavy atom. The number of imidazole rings is 2. The monoisotopic (exact) mass is 1970 g/mol. The molecule has 10 aromatic heterocycles. The molecule has 0 spiro atoms. The van der Waals surface area contributed by atoms with Gasteiger partial charge in [-0.1, -0.05) is 421 Å². The molecule has 1 aliphatic heterocycles. The predicted octanol–water partition coefficient (Wildman–Crippen LogP) is 40.2. The van der Waals surface area contributed by atoms with E-state index < -0.39 is 0 Å². The molecule has 1 aliphatic rings. The largest absolute Gasteiger partial charge is 0.473 e. The molecule has 0 aliphatic carbocycles. The zero-order valence-electron chi connectivity index (χ0n) is 93.3. The van der Waals surface area contributed by atoms with E-state index in [-0.39, 0.29) is 14.9 Å². The van der Waals surface area contributed by atoms with Crippen molar-refractivity contribution in [2.24, 2.45) is 72.3 Å². The van der Waals surface area contributed by atoms with Crippen molar-refractivity contribution < 1.29 is 8.83 Å². The number of aliphatic imine (C=N–C) groups is 1. The summed E-state index contributed by atoms with van der Waals surface area (Å²) < 4.78 is 15.6. The molecule has 0 saturated heterocycles. The Balaban J connectivity index is -0.000000346. The molecule has 14 nitrogen and oxygen atoms in total. The maximum absolute atomic E-state index is 5.52. The van der Waals surface area contributed by atoms with Gasteiger partial charge in [-0.3, -0.25) is 15.0 Å². The van der Waals surface area contributed by atoms with Gasteiger partial charge in [0, 0.05) is 106 Å². The Labute approximate surface area is 874 Å². The molecule has 0 bridgehead atoms. The highest BCUT2D eigenvalue weighted by Crippen LogP contribution is 2.27. The molecule has 142 heavy (non-hydrogen) atoms. The molecule has 18 rings (SSSR count). The van der Waals surface area contributed by atoms with Gasteiger partial charge in [-0.15, -0.1) is 11.3 Å². The van der Waals surface area contributed by atoms with E-state index in [4.69, 9.17) is 4.42 Å². The van der Waals surface area contributed by atoms with Crippen molar-refractivity contribution in [3.05, 3.63) is 375 Å². The quantitative estimate of drug-likeness (QED) is 0.179. The number of hydrogen-bond acceptors (Lipinski definition) is 13. The van der Waals surface area contributed by atoms with Gasteiger partial charge in [0.2, 0.25) is 0 Å². The van der Waals surface area contributed by atoms with Crippen molar-refractivity contribution in [1.82, 2.24) is 54.2 Å². The third-order valence-corrected chi connectivity index (χ3v) is 16.0. The predicted molar refractivity (Wildman–Crippen MR) is 636 cm³/mol. The number of nitrogens with zero attached hydrogens (tertiary/aromatic N) is 11. The number of furan rings is 1. The molecular formula is C126H194N12O2S2. The first-order valence-corrected chi connectivity index (χ1v) is 51.8. The first-order valence-electron chi connectivity index (χ1n) is 50.1. The van der Waals surface area contributed by atoms with Crippen molar-refractivity contribution in [3.8, 4) is 0 Å². The van der Waals surface area contributed by atoms with E-state index >= 15 is 0 Å². The Morgan fingerprint density at radius 3 is 0.965 bits per heavy atom. The number of aromatic amines is 1. The van der Waals surface area contributed by atoms with Crippen molar-refractivity contribution in [1.29, 1.82) is 0 Å². The normalized spacial score (nSPS) is 9.79. The molecule has 16 heteroatoms. The number of thiazole rings is 1. The standard InChI is InChI=1S/C11H14N2.C10H12N2.C10H11NO.C10H11NS.C10H8.C6H6.C5H7N.2C5H5N.C4H4N2.C4H5N.C4H4O.C4H4S.9C4H10.2CH4/c1-8(2)11-12-9-6-4-5-7-10(9)13(11)3;3*1-7(2)10-11-8-5-3-4-6-9(8)12-10;1-2-6-10-8-4-3-7-9(10)5-1;1-2-4-6-5-3-1;1-6-4-2-3-5-6;3*1-2-4-6-5-3-1;3*1-2-4-5-3-1;9*1-4(2)3;;/h4-8H,1-3H3;3-7H,1-2H3,(H,11,12);2*3-7H,1-2H3;1-8H;1-6H;2-5H,1H3;2*1-5H;1-4H;1,3-4H,2H2;2*1-4H;9*4H,1-3H3;2*1H4. The summed E-state index contributed by atoms with van der Waals surface area (Å²) in [5, 5.41) is 15.0. The average molecular weight is 1970 g/mol. The Bertz CT molecular complexity index is 4640. The second-order valence-electron chi connectivity index (χ2n) is 39.3. The number of benzene rings is 7. The minimum atomic E-state index is 0. The van der Waals surface area contributed by atoms with Crippen LogP contribution in [0.1, 0.15) is 310 Å². The number of H-pyrrole nitrogens is 1. The van der Waals surface area contributed by atoms with Gasteiger partial charge >= 0.3 is 0 Å². The molecule has 0 radical (unpaired) electrons. The molecule has 0 saturated carbocycles. The van der Waals surface area contributed by atoms with E-state index in [1.54, 1.807) is 78.6 Å². The minimum absolute atomic E-state index is 0. The summed E-state index contributed by atoms with van der Waals surface area (Å²) in [4.78, 5) is 32.5. The minimum Gasteiger partial charge on any atom is -0.473 e. The van der Waals surface area contributed by atoms with E-state index in [1.165, 1.54) is 26.0 Å². The lowest BCUT2D eigenvalue weighted by atomic mass is 10.1. The van der Waals surface area contributed by atoms with Crippen LogP contribution in [0.5, 0.6) is 0 Å². The lowest BCUT2D eigenvalue weighted by molar-refractivity contribution is 0.501. The topological polar surface area (TPSA) is 167 Å². The van der Waals surface area contributed by atoms with Crippen LogP contribution in [0.2, 0.25) is 0 Å². The lowest BCUT2D eigenvalue weighted by Gasteiger charge is -2.04. The lowest BCUT2D eigenvalue weighted by Crippen LogP contribution is -1.99. The number of allylic oxidation sites excluding steroid dienone is 1. The number of hydrogen-bond donors (Lipinski definition) is 1. The summed E-state index contributed by atoms with van der Waals surface area (Å²) in [5.41, 5.74) is 7.44. The second kappa shape index (κ2) is 95.3. The van der Waals surface area contributed by atoms with Gasteiger partial charge in [0.25, 0.3) is 0 Å². The number of rotatable bonds is 4. The van der Waals surface area contributed by atoms with Crippen LogP contribution in [-0.2, 0) is 14.1 Å². The summed E-state index contributed by atoms with van der Waals surface area (Å²) in [7, 11) is 4.07. The molecule has 0 fully saturated rings. The Morgan fingerprint density at radius 1 is 0.324 bits per heavy atom. The molecule has 7 aromatic carbocycles. The summed E-state index contributed by atoms with van der Waals surface area (Å²) in [5.74, 6) is 12.4. The fraction of sp³-hybridized carbons (Fsp3) is 0.421. The molecule has 0 unspecified atom stereocenters. The van der Waals surface area contributed by atoms with Crippen molar-refractivity contribution >= 4 is 83.0 Å². The van der Waals surface area contributed by atoms with Gasteiger partial charge in [0.1, 0.15) is 17.2 Å². The number of nitrogens with one attached hydrogen (secondary N) is 1. The summed E-state index contributed by atoms with van der Waals surface area (Å²) in [6, 6.07) is 88.0. The SMILES string of the molecule is C.C.C1=CN=CC1.CC(C)C.CC(C)C.CC(C)C.CC(C)C.CC(C)C.CC(C)C.CC(C)C.CC(C)C.CC(C)C.CC(C)c1nc2ccccc2[nH]1.CC(C)c1nc2ccccc2n1C.CC(C)c1nc2ccccc2o1.CC(C)c1nc2ccccc2s1.Cn1cccc1.c1ccc2ccccc2c1.c1ccccc1.c1ccncc1.c1ccncc1.c1ccnnc1.c1ccoc1.c1ccsc1. The van der Waals surface area contributed by atoms with Crippen molar-refractivity contribution in [2.45, 2.75) is 287 Å². The van der Waals surface area contributed by atoms with Crippen LogP contribution < -0.4 is 0 Å². The zero-order chi connectivity index (χ0) is 106. The molecule has 0 amide bonds. The molecule has 1 N–H and O–H groups in total. The van der Waals surface area contributed by atoms with Crippen molar-refractivity contribution in [3.63, 3.8) is 0 Å². The first kappa shape index (κ1) is 141. The van der Waals surface area contributed by atoms with Crippen LogP contribution in [0.25, 0.3) is 54.2 Å². The molecule has 11 heterocycles. The fourth-order valence-corrected chi connectivity index (χ4v) is 10.2. The Kier molecular flexibility index (Phi) is 94.6. The molecule has 782 valence electrons. The first-order chi connectivity index (χ1) is 66.5. The van der Waals surface area contributed by atoms with Gasteiger partial charge < -0.3 is 23.0 Å². The average Bonchev–Trinajstić information content (AvgIpc) is 1.73.